The Morgan fingerprint density at radius 2 is 2.54 bits per heavy atom. The van der Waals surface area contributed by atoms with E-state index in [2.05, 4.69) is 20.7 Å². The lowest BCUT2D eigenvalue weighted by atomic mass is 10.2. The molecule has 5 heteroatoms. The monoisotopic (exact) mass is 264 g/mol. The molecule has 13 heavy (non-hydrogen) atoms. The standard InChI is InChI=1S/C8H9BrO3S/c1-12-8(11)7-5(2-3-13-7)6(10)4-9/h2-3,6,10H,4H2,1H3. The minimum Gasteiger partial charge on any atom is -0.465 e. The van der Waals surface area contributed by atoms with E-state index in [0.717, 1.165) is 0 Å². The van der Waals surface area contributed by atoms with E-state index in [4.69, 9.17) is 0 Å². The Balaban J connectivity index is 2.95. The Morgan fingerprint density at radius 3 is 3.08 bits per heavy atom. The average Bonchev–Trinajstić information content (AvgIpc) is 2.63. The summed E-state index contributed by atoms with van der Waals surface area (Å²) in [5.41, 5.74) is 0.619. The fourth-order valence-corrected chi connectivity index (χ4v) is 2.14. The number of methoxy groups -OCH3 is 1. The number of rotatable bonds is 3. The Hall–Kier alpha value is -0.390. The van der Waals surface area contributed by atoms with E-state index in [1.807, 2.05) is 0 Å². The molecule has 0 amide bonds. The molecule has 0 saturated heterocycles. The van der Waals surface area contributed by atoms with Gasteiger partial charge in [0.25, 0.3) is 0 Å². The van der Waals surface area contributed by atoms with Gasteiger partial charge in [-0.15, -0.1) is 11.3 Å². The largest absolute Gasteiger partial charge is 0.465 e. The maximum Gasteiger partial charge on any atom is 0.348 e. The van der Waals surface area contributed by atoms with Gasteiger partial charge in [-0.05, 0) is 11.4 Å². The lowest BCUT2D eigenvalue weighted by Gasteiger charge is -2.06. The summed E-state index contributed by atoms with van der Waals surface area (Å²) in [4.78, 5) is 11.6. The van der Waals surface area contributed by atoms with Crippen molar-refractivity contribution < 1.29 is 14.6 Å². The third-order valence-electron chi connectivity index (χ3n) is 1.57. The van der Waals surface area contributed by atoms with E-state index in [9.17, 15) is 9.90 Å². The maximum atomic E-state index is 11.2. The van der Waals surface area contributed by atoms with Gasteiger partial charge in [0.2, 0.25) is 0 Å². The van der Waals surface area contributed by atoms with E-state index in [0.29, 0.717) is 15.8 Å². The smallest absolute Gasteiger partial charge is 0.348 e. The molecule has 0 fully saturated rings. The van der Waals surface area contributed by atoms with Gasteiger partial charge in [0.15, 0.2) is 0 Å². The molecule has 0 aromatic carbocycles. The zero-order valence-corrected chi connectivity index (χ0v) is 9.39. The van der Waals surface area contributed by atoms with Crippen LogP contribution in [-0.2, 0) is 4.74 Å². The summed E-state index contributed by atoms with van der Waals surface area (Å²) in [6, 6.07) is 1.73. The van der Waals surface area contributed by atoms with Crippen molar-refractivity contribution in [2.24, 2.45) is 0 Å². The molecule has 1 atom stereocenters. The number of halogens is 1. The molecule has 1 aromatic heterocycles. The van der Waals surface area contributed by atoms with Gasteiger partial charge < -0.3 is 9.84 Å². The summed E-state index contributed by atoms with van der Waals surface area (Å²) >= 11 is 4.41. The number of aliphatic hydroxyl groups is 1. The highest BCUT2D eigenvalue weighted by Crippen LogP contribution is 2.25. The van der Waals surface area contributed by atoms with Crippen LogP contribution in [0.3, 0.4) is 0 Å². The zero-order chi connectivity index (χ0) is 9.84. The minimum absolute atomic E-state index is 0.398. The lowest BCUT2D eigenvalue weighted by Crippen LogP contribution is -2.06. The fourth-order valence-electron chi connectivity index (χ4n) is 0.923. The van der Waals surface area contributed by atoms with Crippen LogP contribution in [0.5, 0.6) is 0 Å². The number of thiophene rings is 1. The highest BCUT2D eigenvalue weighted by molar-refractivity contribution is 9.09. The normalized spacial score (nSPS) is 12.5. The number of alkyl halides is 1. The van der Waals surface area contributed by atoms with Crippen LogP contribution in [0.25, 0.3) is 0 Å². The van der Waals surface area contributed by atoms with Crippen molar-refractivity contribution in [3.63, 3.8) is 0 Å². The highest BCUT2D eigenvalue weighted by Gasteiger charge is 2.18. The van der Waals surface area contributed by atoms with Crippen molar-refractivity contribution in [1.29, 1.82) is 0 Å². The molecule has 1 unspecified atom stereocenters. The molecule has 0 spiro atoms. The summed E-state index contributed by atoms with van der Waals surface area (Å²) in [6.07, 6.45) is -0.652. The van der Waals surface area contributed by atoms with E-state index in [-0.39, 0.29) is 0 Å². The van der Waals surface area contributed by atoms with E-state index >= 15 is 0 Å². The Bertz CT molecular complexity index is 297. The molecule has 0 saturated carbocycles. The van der Waals surface area contributed by atoms with Crippen LogP contribution in [0.1, 0.15) is 21.3 Å². The minimum atomic E-state index is -0.652. The third-order valence-corrected chi connectivity index (χ3v) is 3.10. The molecule has 72 valence electrons. The zero-order valence-electron chi connectivity index (χ0n) is 6.99. The van der Waals surface area contributed by atoms with Crippen molar-refractivity contribution in [3.05, 3.63) is 21.9 Å². The maximum absolute atomic E-state index is 11.2. The molecule has 1 rings (SSSR count). The Kier molecular flexibility index (Phi) is 3.90. The number of carbonyl (C=O) groups is 1. The predicted molar refractivity (Wildman–Crippen MR) is 54.4 cm³/mol. The van der Waals surface area contributed by atoms with E-state index < -0.39 is 12.1 Å². The number of aliphatic hydroxyl groups excluding tert-OH is 1. The van der Waals surface area contributed by atoms with Gasteiger partial charge in [0.05, 0.1) is 13.2 Å². The summed E-state index contributed by atoms with van der Waals surface area (Å²) < 4.78 is 4.57. The topological polar surface area (TPSA) is 46.5 Å². The van der Waals surface area contributed by atoms with Crippen molar-refractivity contribution in [3.8, 4) is 0 Å². The first-order chi connectivity index (χ1) is 6.20. The van der Waals surface area contributed by atoms with Crippen LogP contribution in [0.4, 0.5) is 0 Å². The Labute approximate surface area is 88.5 Å². The quantitative estimate of drug-likeness (QED) is 0.671. The van der Waals surface area contributed by atoms with Crippen LogP contribution in [0.15, 0.2) is 11.4 Å². The first kappa shape index (κ1) is 10.7. The van der Waals surface area contributed by atoms with Crippen LogP contribution in [-0.4, -0.2) is 23.5 Å². The van der Waals surface area contributed by atoms with Crippen LogP contribution in [0.2, 0.25) is 0 Å². The van der Waals surface area contributed by atoms with Gasteiger partial charge in [-0.25, -0.2) is 4.79 Å². The second-order valence-corrected chi connectivity index (χ2v) is 3.93. The first-order valence-electron chi connectivity index (χ1n) is 3.60. The molecule has 0 bridgehead atoms. The molecule has 0 aliphatic rings. The number of esters is 1. The number of hydrogen-bond donors (Lipinski definition) is 1. The summed E-state index contributed by atoms with van der Waals surface area (Å²) in [7, 11) is 1.33. The van der Waals surface area contributed by atoms with E-state index in [1.54, 1.807) is 11.4 Å². The first-order valence-corrected chi connectivity index (χ1v) is 5.60. The van der Waals surface area contributed by atoms with Crippen molar-refractivity contribution in [2.75, 3.05) is 12.4 Å². The molecule has 0 radical (unpaired) electrons. The van der Waals surface area contributed by atoms with Gasteiger partial charge in [-0.1, -0.05) is 15.9 Å². The van der Waals surface area contributed by atoms with Gasteiger partial charge in [0.1, 0.15) is 4.88 Å². The van der Waals surface area contributed by atoms with Gasteiger partial charge in [-0.3, -0.25) is 0 Å². The molecule has 0 aliphatic heterocycles. The van der Waals surface area contributed by atoms with Crippen LogP contribution >= 0.6 is 27.3 Å². The molecular formula is C8H9BrO3S. The molecule has 3 nitrogen and oxygen atoms in total. The molecule has 1 heterocycles. The van der Waals surface area contributed by atoms with E-state index in [1.165, 1.54) is 18.4 Å². The van der Waals surface area contributed by atoms with Crippen LogP contribution in [0, 0.1) is 0 Å². The van der Waals surface area contributed by atoms with Gasteiger partial charge in [-0.2, -0.15) is 0 Å². The molecule has 1 N–H and O–H groups in total. The highest BCUT2D eigenvalue weighted by atomic mass is 79.9. The Morgan fingerprint density at radius 1 is 1.85 bits per heavy atom. The fraction of sp³-hybridized carbons (Fsp3) is 0.375. The van der Waals surface area contributed by atoms with Gasteiger partial charge in [0, 0.05) is 10.9 Å². The van der Waals surface area contributed by atoms with Crippen molar-refractivity contribution in [1.82, 2.24) is 0 Å². The predicted octanol–water partition coefficient (Wildman–Crippen LogP) is 1.96. The summed E-state index contributed by atoms with van der Waals surface area (Å²) in [5.74, 6) is -0.398. The average molecular weight is 265 g/mol. The van der Waals surface area contributed by atoms with Gasteiger partial charge >= 0.3 is 5.97 Å². The SMILES string of the molecule is COC(=O)c1sccc1C(O)CBr. The second-order valence-electron chi connectivity index (χ2n) is 2.37. The second kappa shape index (κ2) is 4.74. The molecular weight excluding hydrogens is 256 g/mol. The molecule has 0 aliphatic carbocycles. The van der Waals surface area contributed by atoms with Crippen molar-refractivity contribution in [2.45, 2.75) is 6.10 Å². The number of ether oxygens (including phenoxy) is 1. The van der Waals surface area contributed by atoms with Crippen molar-refractivity contribution >= 4 is 33.2 Å². The molecule has 1 aromatic rings. The summed E-state index contributed by atoms with van der Waals surface area (Å²) in [5, 5.41) is 11.7. The van der Waals surface area contributed by atoms with Crippen LogP contribution < -0.4 is 0 Å². The number of hydrogen-bond acceptors (Lipinski definition) is 4. The lowest BCUT2D eigenvalue weighted by molar-refractivity contribution is 0.0600. The third kappa shape index (κ3) is 2.30. The summed E-state index contributed by atoms with van der Waals surface area (Å²) in [6.45, 7) is 0. The number of carbonyl (C=O) groups excluding carboxylic acids is 1.